The highest BCUT2D eigenvalue weighted by Crippen LogP contribution is 2.37. The van der Waals surface area contributed by atoms with Gasteiger partial charge in [0, 0.05) is 5.56 Å². The molecule has 1 aromatic rings. The van der Waals surface area contributed by atoms with Gasteiger partial charge in [0.2, 0.25) is 0 Å². The van der Waals surface area contributed by atoms with Crippen LogP contribution >= 0.6 is 0 Å². The van der Waals surface area contributed by atoms with E-state index in [2.05, 4.69) is 4.74 Å². The number of ether oxygens (including phenoxy) is 1. The van der Waals surface area contributed by atoms with Crippen molar-refractivity contribution in [3.63, 3.8) is 0 Å². The first-order valence-electron chi connectivity index (χ1n) is 3.95. The van der Waals surface area contributed by atoms with E-state index in [9.17, 15) is 17.6 Å². The highest BCUT2D eigenvalue weighted by Gasteiger charge is 2.41. The topological polar surface area (TPSA) is 29.5 Å². The maximum atomic E-state index is 13.0. The fourth-order valence-corrected chi connectivity index (χ4v) is 1.13. The van der Waals surface area contributed by atoms with Crippen molar-refractivity contribution < 1.29 is 27.4 Å². The van der Waals surface area contributed by atoms with E-state index in [4.69, 9.17) is 5.11 Å². The molecule has 0 radical (unpaired) electrons. The zero-order chi connectivity index (χ0) is 11.6. The third-order valence-corrected chi connectivity index (χ3v) is 1.81. The van der Waals surface area contributed by atoms with Crippen molar-refractivity contribution >= 4 is 0 Å². The highest BCUT2D eigenvalue weighted by atomic mass is 19.4. The summed E-state index contributed by atoms with van der Waals surface area (Å²) < 4.78 is 53.9. The lowest BCUT2D eigenvalue weighted by Gasteiger charge is -2.17. The van der Waals surface area contributed by atoms with Crippen LogP contribution in [0.25, 0.3) is 0 Å². The van der Waals surface area contributed by atoms with Gasteiger partial charge in [-0.05, 0) is 6.07 Å². The molecule has 0 bridgehead atoms. The lowest BCUT2D eigenvalue weighted by atomic mass is 10.1. The van der Waals surface area contributed by atoms with E-state index in [0.29, 0.717) is 0 Å². The lowest BCUT2D eigenvalue weighted by molar-refractivity contribution is -0.207. The van der Waals surface area contributed by atoms with Crippen molar-refractivity contribution in [2.45, 2.75) is 12.3 Å². The van der Waals surface area contributed by atoms with E-state index in [0.717, 1.165) is 25.3 Å². The maximum Gasteiger partial charge on any atom is 0.418 e. The van der Waals surface area contributed by atoms with Crippen LogP contribution in [-0.2, 0) is 0 Å². The zero-order valence-electron chi connectivity index (χ0n) is 7.68. The number of para-hydroxylation sites is 1. The number of alkyl halides is 3. The van der Waals surface area contributed by atoms with Crippen LogP contribution in [0.4, 0.5) is 17.6 Å². The highest BCUT2D eigenvalue weighted by molar-refractivity contribution is 5.37. The molecule has 0 aliphatic heterocycles. The second-order valence-electron chi connectivity index (χ2n) is 2.81. The Labute approximate surface area is 83.1 Å². The quantitative estimate of drug-likeness (QED) is 0.782. The molecule has 0 aliphatic carbocycles. The van der Waals surface area contributed by atoms with E-state index in [1.54, 1.807) is 0 Å². The zero-order valence-corrected chi connectivity index (χ0v) is 7.68. The molecule has 1 atom stereocenters. The Morgan fingerprint density at radius 1 is 1.33 bits per heavy atom. The summed E-state index contributed by atoms with van der Waals surface area (Å²) in [6.45, 7) is 0. The third-order valence-electron chi connectivity index (χ3n) is 1.81. The minimum atomic E-state index is -4.85. The van der Waals surface area contributed by atoms with E-state index in [-0.39, 0.29) is 0 Å². The van der Waals surface area contributed by atoms with Gasteiger partial charge in [-0.2, -0.15) is 13.2 Å². The number of halogens is 4. The van der Waals surface area contributed by atoms with Crippen LogP contribution in [0.5, 0.6) is 5.75 Å². The smallest absolute Gasteiger partial charge is 0.418 e. The van der Waals surface area contributed by atoms with Crippen molar-refractivity contribution in [2.75, 3.05) is 7.11 Å². The minimum absolute atomic E-state index is 0.595. The molecule has 0 aromatic heterocycles. The van der Waals surface area contributed by atoms with Crippen LogP contribution in [-0.4, -0.2) is 18.4 Å². The van der Waals surface area contributed by atoms with Crippen LogP contribution in [0.2, 0.25) is 0 Å². The standard InChI is InChI=1S/C9H8F4O2/c1-15-7-5(3-2-4-6(7)10)8(14)9(11,12)13/h2-4,8,14H,1H3. The molecule has 1 rings (SSSR count). The van der Waals surface area contributed by atoms with Gasteiger partial charge < -0.3 is 9.84 Å². The Morgan fingerprint density at radius 2 is 1.93 bits per heavy atom. The van der Waals surface area contributed by atoms with Gasteiger partial charge in [0.25, 0.3) is 0 Å². The summed E-state index contributed by atoms with van der Waals surface area (Å²) in [7, 11) is 1.03. The average Bonchev–Trinajstić information content (AvgIpc) is 2.14. The molecule has 1 aromatic carbocycles. The molecule has 0 heterocycles. The molecular weight excluding hydrogens is 216 g/mol. The molecule has 0 saturated carbocycles. The first kappa shape index (κ1) is 11.8. The Kier molecular flexibility index (Phi) is 3.18. The van der Waals surface area contributed by atoms with E-state index < -0.39 is 29.4 Å². The van der Waals surface area contributed by atoms with Gasteiger partial charge in [0.05, 0.1) is 7.11 Å². The van der Waals surface area contributed by atoms with Gasteiger partial charge in [0.1, 0.15) is 0 Å². The van der Waals surface area contributed by atoms with Gasteiger partial charge in [0.15, 0.2) is 17.7 Å². The lowest BCUT2D eigenvalue weighted by Crippen LogP contribution is -2.21. The molecule has 0 spiro atoms. The fourth-order valence-electron chi connectivity index (χ4n) is 1.13. The second-order valence-corrected chi connectivity index (χ2v) is 2.81. The molecule has 84 valence electrons. The van der Waals surface area contributed by atoms with Gasteiger partial charge >= 0.3 is 6.18 Å². The van der Waals surface area contributed by atoms with Gasteiger partial charge in [-0.25, -0.2) is 4.39 Å². The number of aliphatic hydroxyl groups is 1. The van der Waals surface area contributed by atoms with E-state index in [1.807, 2.05) is 0 Å². The van der Waals surface area contributed by atoms with Crippen LogP contribution in [0.1, 0.15) is 11.7 Å². The molecular formula is C9H8F4O2. The van der Waals surface area contributed by atoms with Gasteiger partial charge in [-0.15, -0.1) is 0 Å². The van der Waals surface area contributed by atoms with E-state index >= 15 is 0 Å². The van der Waals surface area contributed by atoms with Gasteiger partial charge in [-0.1, -0.05) is 12.1 Å². The van der Waals surface area contributed by atoms with Crippen LogP contribution in [0.3, 0.4) is 0 Å². The number of aliphatic hydroxyl groups excluding tert-OH is 1. The average molecular weight is 224 g/mol. The SMILES string of the molecule is COc1c(F)cccc1C(O)C(F)(F)F. The number of hydrogen-bond acceptors (Lipinski definition) is 2. The number of rotatable bonds is 2. The third kappa shape index (κ3) is 2.38. The second kappa shape index (κ2) is 4.06. The minimum Gasteiger partial charge on any atom is -0.493 e. The Balaban J connectivity index is 3.20. The van der Waals surface area contributed by atoms with Crippen molar-refractivity contribution in [1.29, 1.82) is 0 Å². The maximum absolute atomic E-state index is 13.0. The molecule has 0 aliphatic rings. The summed E-state index contributed by atoms with van der Waals surface area (Å²) in [5, 5.41) is 8.92. The number of benzene rings is 1. The van der Waals surface area contributed by atoms with E-state index in [1.165, 1.54) is 0 Å². The number of hydrogen-bond donors (Lipinski definition) is 1. The first-order valence-corrected chi connectivity index (χ1v) is 3.95. The predicted molar refractivity (Wildman–Crippen MR) is 44.0 cm³/mol. The normalized spacial score (nSPS) is 13.7. The molecule has 0 saturated heterocycles. The molecule has 1 N–H and O–H groups in total. The Morgan fingerprint density at radius 3 is 2.40 bits per heavy atom. The van der Waals surface area contributed by atoms with Crippen molar-refractivity contribution in [3.8, 4) is 5.75 Å². The molecule has 0 amide bonds. The first-order chi connectivity index (χ1) is 6.88. The summed E-state index contributed by atoms with van der Waals surface area (Å²) in [4.78, 5) is 0. The molecule has 0 fully saturated rings. The monoisotopic (exact) mass is 224 g/mol. The Bertz CT molecular complexity index is 348. The van der Waals surface area contributed by atoms with Crippen LogP contribution in [0.15, 0.2) is 18.2 Å². The predicted octanol–water partition coefficient (Wildman–Crippen LogP) is 2.43. The summed E-state index contributed by atoms with van der Waals surface area (Å²) in [5.74, 6) is -1.54. The Hall–Kier alpha value is -1.30. The summed E-state index contributed by atoms with van der Waals surface area (Å²) in [6.07, 6.45) is -7.59. The fraction of sp³-hybridized carbons (Fsp3) is 0.333. The van der Waals surface area contributed by atoms with Crippen molar-refractivity contribution in [2.24, 2.45) is 0 Å². The number of methoxy groups -OCH3 is 1. The van der Waals surface area contributed by atoms with Gasteiger partial charge in [-0.3, -0.25) is 0 Å². The molecule has 15 heavy (non-hydrogen) atoms. The van der Waals surface area contributed by atoms with Crippen LogP contribution < -0.4 is 4.74 Å². The van der Waals surface area contributed by atoms with Crippen molar-refractivity contribution in [1.82, 2.24) is 0 Å². The summed E-state index contributed by atoms with van der Waals surface area (Å²) in [5.41, 5.74) is -0.634. The molecule has 1 unspecified atom stereocenters. The largest absolute Gasteiger partial charge is 0.493 e. The molecule has 2 nitrogen and oxygen atoms in total. The van der Waals surface area contributed by atoms with Crippen LogP contribution in [0, 0.1) is 5.82 Å². The summed E-state index contributed by atoms with van der Waals surface area (Å²) >= 11 is 0. The van der Waals surface area contributed by atoms with Crippen molar-refractivity contribution in [3.05, 3.63) is 29.6 Å². The summed E-state index contributed by atoms with van der Waals surface area (Å²) in [6, 6.07) is 2.98. The molecule has 6 heteroatoms.